The minimum absolute atomic E-state index is 0.193. The maximum Gasteiger partial charge on any atom is 0.227 e. The van der Waals surface area contributed by atoms with E-state index >= 15 is 0 Å². The topological polar surface area (TPSA) is 68.3 Å². The molecule has 0 saturated carbocycles. The number of likely N-dealkylation sites (tertiary alicyclic amines) is 1. The number of rotatable bonds is 5. The van der Waals surface area contributed by atoms with Gasteiger partial charge in [0.2, 0.25) is 5.91 Å². The number of aromatic nitrogens is 5. The molecule has 0 aliphatic carbocycles. The summed E-state index contributed by atoms with van der Waals surface area (Å²) in [6.45, 7) is 10.4. The molecule has 1 amide bonds. The average Bonchev–Trinajstić information content (AvgIpc) is 3.51. The Kier molecular flexibility index (Phi) is 5.48. The van der Waals surface area contributed by atoms with Crippen molar-refractivity contribution >= 4 is 11.6 Å². The molecule has 1 aliphatic heterocycles. The molecule has 3 aromatic heterocycles. The predicted molar refractivity (Wildman–Crippen MR) is 127 cm³/mol. The number of imidazole rings is 1. The molecule has 170 valence electrons. The second-order valence-corrected chi connectivity index (χ2v) is 9.19. The molecule has 4 aromatic rings. The van der Waals surface area contributed by atoms with Crippen LogP contribution in [0.3, 0.4) is 0 Å². The average molecular weight is 443 g/mol. The zero-order valence-corrected chi connectivity index (χ0v) is 19.7. The molecule has 0 N–H and O–H groups in total. The van der Waals surface area contributed by atoms with Gasteiger partial charge in [0.15, 0.2) is 5.65 Å². The summed E-state index contributed by atoms with van der Waals surface area (Å²) in [7, 11) is 0. The third-order valence-electron chi connectivity index (χ3n) is 6.98. The van der Waals surface area contributed by atoms with Gasteiger partial charge in [-0.2, -0.15) is 5.10 Å². The fraction of sp³-hybridized carbons (Fsp3) is 0.385. The van der Waals surface area contributed by atoms with Gasteiger partial charge >= 0.3 is 0 Å². The molecule has 0 bridgehead atoms. The van der Waals surface area contributed by atoms with Gasteiger partial charge in [-0.3, -0.25) is 4.79 Å². The maximum atomic E-state index is 13.0. The van der Waals surface area contributed by atoms with E-state index in [2.05, 4.69) is 46.6 Å². The minimum Gasteiger partial charge on any atom is -0.342 e. The number of nitrogens with zero attached hydrogens (tertiary/aromatic N) is 6. The van der Waals surface area contributed by atoms with Crippen LogP contribution in [0.1, 0.15) is 51.8 Å². The second kappa shape index (κ2) is 8.46. The van der Waals surface area contributed by atoms with Crippen molar-refractivity contribution in [3.63, 3.8) is 0 Å². The zero-order valence-electron chi connectivity index (χ0n) is 19.7. The van der Waals surface area contributed by atoms with Gasteiger partial charge < -0.3 is 9.47 Å². The van der Waals surface area contributed by atoms with E-state index < -0.39 is 0 Å². The summed E-state index contributed by atoms with van der Waals surface area (Å²) in [5.74, 6) is 1.42. The summed E-state index contributed by atoms with van der Waals surface area (Å²) in [4.78, 5) is 24.0. The van der Waals surface area contributed by atoms with Gasteiger partial charge in [0.05, 0.1) is 24.4 Å². The van der Waals surface area contributed by atoms with E-state index in [4.69, 9.17) is 5.10 Å². The molecule has 0 radical (unpaired) electrons. The molecule has 7 heteroatoms. The lowest BCUT2D eigenvalue weighted by molar-refractivity contribution is -0.129. The molecule has 1 aromatic carbocycles. The van der Waals surface area contributed by atoms with Crippen LogP contribution in [0.5, 0.6) is 0 Å². The third-order valence-corrected chi connectivity index (χ3v) is 6.98. The van der Waals surface area contributed by atoms with Gasteiger partial charge in [-0.15, -0.1) is 0 Å². The molecule has 4 heterocycles. The monoisotopic (exact) mass is 442 g/mol. The molecular weight excluding hydrogens is 412 g/mol. The van der Waals surface area contributed by atoms with E-state index in [1.165, 1.54) is 11.1 Å². The van der Waals surface area contributed by atoms with Crippen LogP contribution >= 0.6 is 0 Å². The van der Waals surface area contributed by atoms with Gasteiger partial charge in [-0.1, -0.05) is 18.2 Å². The first-order chi connectivity index (χ1) is 15.9. The molecule has 1 aliphatic rings. The lowest BCUT2D eigenvalue weighted by atomic mass is 10.0. The lowest BCUT2D eigenvalue weighted by Crippen LogP contribution is -2.30. The van der Waals surface area contributed by atoms with Crippen molar-refractivity contribution in [2.75, 3.05) is 13.1 Å². The van der Waals surface area contributed by atoms with Crippen LogP contribution in [0.2, 0.25) is 0 Å². The van der Waals surface area contributed by atoms with E-state index in [9.17, 15) is 4.79 Å². The molecule has 1 atom stereocenters. The van der Waals surface area contributed by atoms with Crippen molar-refractivity contribution in [2.45, 2.75) is 53.0 Å². The van der Waals surface area contributed by atoms with Crippen LogP contribution in [0.4, 0.5) is 0 Å². The number of aryl methyl sites for hydroxylation is 4. The fourth-order valence-corrected chi connectivity index (χ4v) is 4.78. The Morgan fingerprint density at radius 2 is 1.91 bits per heavy atom. The Morgan fingerprint density at radius 1 is 1.06 bits per heavy atom. The summed E-state index contributed by atoms with van der Waals surface area (Å²) in [5, 5.41) is 4.84. The third kappa shape index (κ3) is 4.03. The number of hydrogen-bond donors (Lipinski definition) is 0. The van der Waals surface area contributed by atoms with Crippen molar-refractivity contribution < 1.29 is 4.79 Å². The van der Waals surface area contributed by atoms with E-state index in [0.29, 0.717) is 13.0 Å². The van der Waals surface area contributed by atoms with Gasteiger partial charge in [-0.25, -0.2) is 14.5 Å². The number of carbonyl (C=O) groups excluding carboxylic acids is 1. The quantitative estimate of drug-likeness (QED) is 0.472. The first kappa shape index (κ1) is 21.4. The molecule has 5 rings (SSSR count). The van der Waals surface area contributed by atoms with Crippen LogP contribution in [-0.4, -0.2) is 48.0 Å². The lowest BCUT2D eigenvalue weighted by Gasteiger charge is -2.17. The summed E-state index contributed by atoms with van der Waals surface area (Å²) < 4.78 is 4.10. The minimum atomic E-state index is 0.193. The first-order valence-electron chi connectivity index (χ1n) is 11.6. The molecule has 1 saturated heterocycles. The fourth-order valence-electron chi connectivity index (χ4n) is 4.78. The standard InChI is InChI=1S/C26H30N6O/c1-17-5-6-21(13-18(17)2)14-25(33)31-11-8-22(15-31)24-7-9-28-26-23(19(3)29-32(24)26)16-30-12-10-27-20(30)4/h5-7,9-10,12-13,22H,8,11,14-16H2,1-4H3/t22-/m0/s1. The van der Waals surface area contributed by atoms with Crippen molar-refractivity contribution in [1.82, 2.24) is 29.0 Å². The zero-order chi connectivity index (χ0) is 23.1. The van der Waals surface area contributed by atoms with Gasteiger partial charge in [0, 0.05) is 43.2 Å². The van der Waals surface area contributed by atoms with E-state index in [1.54, 1.807) is 0 Å². The highest BCUT2D eigenvalue weighted by Crippen LogP contribution is 2.29. The van der Waals surface area contributed by atoms with Crippen molar-refractivity contribution in [3.8, 4) is 0 Å². The SMILES string of the molecule is Cc1ccc(CC(=O)N2CC[C@H](c3ccnc4c(Cn5ccnc5C)c(C)nn34)C2)cc1C. The summed E-state index contributed by atoms with van der Waals surface area (Å²) in [6.07, 6.45) is 7.06. The highest BCUT2D eigenvalue weighted by molar-refractivity contribution is 5.79. The van der Waals surface area contributed by atoms with Crippen molar-refractivity contribution in [3.05, 3.63) is 82.3 Å². The Balaban J connectivity index is 1.35. The van der Waals surface area contributed by atoms with Gasteiger partial charge in [0.25, 0.3) is 0 Å². The number of benzene rings is 1. The summed E-state index contributed by atoms with van der Waals surface area (Å²) in [6, 6.07) is 8.34. The smallest absolute Gasteiger partial charge is 0.227 e. The van der Waals surface area contributed by atoms with Crippen LogP contribution in [0, 0.1) is 27.7 Å². The van der Waals surface area contributed by atoms with E-state index in [1.807, 2.05) is 47.9 Å². The van der Waals surface area contributed by atoms with Crippen LogP contribution < -0.4 is 0 Å². The highest BCUT2D eigenvalue weighted by atomic mass is 16.2. The molecule has 0 unspecified atom stereocenters. The van der Waals surface area contributed by atoms with E-state index in [0.717, 1.165) is 53.5 Å². The molecular formula is C26H30N6O. The van der Waals surface area contributed by atoms with Crippen LogP contribution in [-0.2, 0) is 17.8 Å². The van der Waals surface area contributed by atoms with Crippen LogP contribution in [0.15, 0.2) is 42.9 Å². The Labute approximate surface area is 194 Å². The number of amides is 1. The maximum absolute atomic E-state index is 13.0. The van der Waals surface area contributed by atoms with Crippen LogP contribution in [0.25, 0.3) is 5.65 Å². The summed E-state index contributed by atoms with van der Waals surface area (Å²) in [5.41, 5.74) is 7.67. The Morgan fingerprint density at radius 3 is 2.67 bits per heavy atom. The largest absolute Gasteiger partial charge is 0.342 e. The summed E-state index contributed by atoms with van der Waals surface area (Å²) >= 11 is 0. The van der Waals surface area contributed by atoms with Gasteiger partial charge in [-0.05, 0) is 56.9 Å². The second-order valence-electron chi connectivity index (χ2n) is 9.19. The van der Waals surface area contributed by atoms with Crippen molar-refractivity contribution in [2.24, 2.45) is 0 Å². The van der Waals surface area contributed by atoms with Crippen molar-refractivity contribution in [1.29, 1.82) is 0 Å². The number of fused-ring (bicyclic) bond motifs is 1. The number of carbonyl (C=O) groups is 1. The highest BCUT2D eigenvalue weighted by Gasteiger charge is 2.29. The first-order valence-corrected chi connectivity index (χ1v) is 11.6. The molecule has 1 fully saturated rings. The van der Waals surface area contributed by atoms with E-state index in [-0.39, 0.29) is 11.8 Å². The molecule has 33 heavy (non-hydrogen) atoms. The van der Waals surface area contributed by atoms with Gasteiger partial charge in [0.1, 0.15) is 5.82 Å². The predicted octanol–water partition coefficient (Wildman–Crippen LogP) is 3.77. The number of hydrogen-bond acceptors (Lipinski definition) is 4. The molecule has 0 spiro atoms. The molecule has 7 nitrogen and oxygen atoms in total. The Bertz CT molecular complexity index is 1330. The Hall–Kier alpha value is -3.48. The normalized spacial score (nSPS) is 16.1.